The second kappa shape index (κ2) is 8.87. The maximum atomic E-state index is 9.41. The number of hydrogen-bond donors (Lipinski definition) is 2. The molecular weight excluding hydrogens is 255 g/mol. The smallest absolute Gasteiger partial charge is 0.492 e. The minimum atomic E-state index is -1.56. The summed E-state index contributed by atoms with van der Waals surface area (Å²) in [4.78, 5) is 0. The highest BCUT2D eigenvalue weighted by Crippen LogP contribution is 2.18. The number of unbranched alkanes of at least 4 members (excludes halogenated alkanes) is 1. The Kier molecular flexibility index (Phi) is 7.48. The third-order valence-electron chi connectivity index (χ3n) is 3.51. The van der Waals surface area contributed by atoms with Gasteiger partial charge in [-0.15, -0.1) is 0 Å². The lowest BCUT2D eigenvalue weighted by Crippen LogP contribution is -2.32. The molecule has 0 aliphatic rings. The molecule has 1 unspecified atom stereocenters. The maximum absolute atomic E-state index is 9.41. The van der Waals surface area contributed by atoms with Crippen LogP contribution in [0.4, 0.5) is 0 Å². The van der Waals surface area contributed by atoms with Gasteiger partial charge in [-0.1, -0.05) is 33.1 Å². The van der Waals surface area contributed by atoms with Gasteiger partial charge in [0.15, 0.2) is 0 Å². The molecule has 0 aromatic heterocycles. The number of benzene rings is 1. The molecule has 2 N–H and O–H groups in total. The van der Waals surface area contributed by atoms with Crippen LogP contribution in [0.25, 0.3) is 0 Å². The molecule has 1 aromatic rings. The molecule has 0 fully saturated rings. The SMILES string of the molecule is CCCCC(CC)COc1ccc(OC)cc1B(O)O. The van der Waals surface area contributed by atoms with E-state index < -0.39 is 7.12 Å². The summed E-state index contributed by atoms with van der Waals surface area (Å²) in [5.41, 5.74) is 0.342. The summed E-state index contributed by atoms with van der Waals surface area (Å²) in [6, 6.07) is 5.07. The van der Waals surface area contributed by atoms with Crippen LogP contribution in [-0.2, 0) is 0 Å². The summed E-state index contributed by atoms with van der Waals surface area (Å²) < 4.78 is 10.9. The van der Waals surface area contributed by atoms with Crippen LogP contribution in [-0.4, -0.2) is 30.9 Å². The van der Waals surface area contributed by atoms with Gasteiger partial charge < -0.3 is 19.5 Å². The number of ether oxygens (including phenoxy) is 2. The van der Waals surface area contributed by atoms with Gasteiger partial charge >= 0.3 is 7.12 Å². The molecule has 0 aliphatic carbocycles. The topological polar surface area (TPSA) is 58.9 Å². The average molecular weight is 280 g/mol. The zero-order valence-corrected chi connectivity index (χ0v) is 12.6. The van der Waals surface area contributed by atoms with Crippen LogP contribution in [0.15, 0.2) is 18.2 Å². The van der Waals surface area contributed by atoms with E-state index in [4.69, 9.17) is 9.47 Å². The van der Waals surface area contributed by atoms with Crippen molar-refractivity contribution < 1.29 is 19.5 Å². The first-order chi connectivity index (χ1) is 9.62. The Balaban J connectivity index is 2.70. The molecule has 1 aromatic carbocycles. The molecule has 1 rings (SSSR count). The van der Waals surface area contributed by atoms with Crippen molar-refractivity contribution in [3.63, 3.8) is 0 Å². The van der Waals surface area contributed by atoms with Crippen molar-refractivity contribution in [3.8, 4) is 11.5 Å². The van der Waals surface area contributed by atoms with E-state index in [0.29, 0.717) is 29.5 Å². The predicted octanol–water partition coefficient (Wildman–Crippen LogP) is 1.97. The van der Waals surface area contributed by atoms with Gasteiger partial charge in [-0.2, -0.15) is 0 Å². The van der Waals surface area contributed by atoms with E-state index in [-0.39, 0.29) is 0 Å². The van der Waals surface area contributed by atoms with Crippen LogP contribution in [0.1, 0.15) is 39.5 Å². The quantitative estimate of drug-likeness (QED) is 0.679. The summed E-state index contributed by atoms with van der Waals surface area (Å²) in [5, 5.41) is 18.8. The van der Waals surface area contributed by atoms with Crippen LogP contribution >= 0.6 is 0 Å². The summed E-state index contributed by atoms with van der Waals surface area (Å²) in [6.07, 6.45) is 4.58. The average Bonchev–Trinajstić information content (AvgIpc) is 2.47. The predicted molar refractivity (Wildman–Crippen MR) is 81.6 cm³/mol. The molecule has 20 heavy (non-hydrogen) atoms. The second-order valence-electron chi connectivity index (χ2n) is 5.00. The van der Waals surface area contributed by atoms with Gasteiger partial charge in [0.05, 0.1) is 13.7 Å². The zero-order chi connectivity index (χ0) is 15.0. The van der Waals surface area contributed by atoms with E-state index in [1.807, 2.05) is 0 Å². The minimum absolute atomic E-state index is 0.342. The van der Waals surface area contributed by atoms with E-state index in [1.54, 1.807) is 25.3 Å². The van der Waals surface area contributed by atoms with Gasteiger partial charge in [0.25, 0.3) is 0 Å². The summed E-state index contributed by atoms with van der Waals surface area (Å²) in [7, 11) is -0.0165. The van der Waals surface area contributed by atoms with Crippen molar-refractivity contribution in [3.05, 3.63) is 18.2 Å². The van der Waals surface area contributed by atoms with Crippen molar-refractivity contribution in [1.82, 2.24) is 0 Å². The molecule has 0 saturated carbocycles. The van der Waals surface area contributed by atoms with Crippen molar-refractivity contribution in [2.45, 2.75) is 39.5 Å². The molecule has 4 nitrogen and oxygen atoms in total. The Morgan fingerprint density at radius 1 is 1.25 bits per heavy atom. The van der Waals surface area contributed by atoms with Gasteiger partial charge in [0.1, 0.15) is 11.5 Å². The van der Waals surface area contributed by atoms with Crippen LogP contribution in [0.2, 0.25) is 0 Å². The largest absolute Gasteiger partial charge is 0.497 e. The number of methoxy groups -OCH3 is 1. The molecular formula is C15H25BO4. The minimum Gasteiger partial charge on any atom is -0.497 e. The Morgan fingerprint density at radius 2 is 2.00 bits per heavy atom. The fourth-order valence-electron chi connectivity index (χ4n) is 2.09. The number of hydrogen-bond acceptors (Lipinski definition) is 4. The molecule has 1 atom stereocenters. The Bertz CT molecular complexity index is 395. The van der Waals surface area contributed by atoms with Crippen LogP contribution in [0, 0.1) is 5.92 Å². The van der Waals surface area contributed by atoms with Crippen molar-refractivity contribution in [1.29, 1.82) is 0 Å². The van der Waals surface area contributed by atoms with E-state index in [0.717, 1.165) is 12.8 Å². The van der Waals surface area contributed by atoms with E-state index in [2.05, 4.69) is 13.8 Å². The van der Waals surface area contributed by atoms with E-state index in [1.165, 1.54) is 12.8 Å². The first-order valence-electron chi connectivity index (χ1n) is 7.29. The summed E-state index contributed by atoms with van der Waals surface area (Å²) in [5.74, 6) is 1.59. The molecule has 0 spiro atoms. The van der Waals surface area contributed by atoms with Crippen LogP contribution in [0.3, 0.4) is 0 Å². The van der Waals surface area contributed by atoms with Crippen LogP contribution in [0.5, 0.6) is 11.5 Å². The van der Waals surface area contributed by atoms with E-state index in [9.17, 15) is 10.0 Å². The van der Waals surface area contributed by atoms with Gasteiger partial charge in [-0.3, -0.25) is 0 Å². The monoisotopic (exact) mass is 280 g/mol. The molecule has 0 heterocycles. The Hall–Kier alpha value is -1.20. The van der Waals surface area contributed by atoms with Crippen LogP contribution < -0.4 is 14.9 Å². The zero-order valence-electron chi connectivity index (χ0n) is 12.6. The standard InChI is InChI=1S/C15H25BO4/c1-4-6-7-12(5-2)11-20-15-9-8-13(19-3)10-14(15)16(17)18/h8-10,12,17-18H,4-7,11H2,1-3H3. The first kappa shape index (κ1) is 16.9. The van der Waals surface area contributed by atoms with E-state index >= 15 is 0 Å². The van der Waals surface area contributed by atoms with Gasteiger partial charge in [-0.25, -0.2) is 0 Å². The Morgan fingerprint density at radius 3 is 2.55 bits per heavy atom. The van der Waals surface area contributed by atoms with Gasteiger partial charge in [0.2, 0.25) is 0 Å². The first-order valence-corrected chi connectivity index (χ1v) is 7.29. The Labute approximate surface area is 121 Å². The molecule has 0 saturated heterocycles. The molecule has 0 radical (unpaired) electrons. The molecule has 112 valence electrons. The highest BCUT2D eigenvalue weighted by molar-refractivity contribution is 6.59. The lowest BCUT2D eigenvalue weighted by atomic mass is 9.79. The molecule has 0 bridgehead atoms. The normalized spacial score (nSPS) is 12.1. The number of rotatable bonds is 9. The van der Waals surface area contributed by atoms with Crippen molar-refractivity contribution >= 4 is 12.6 Å². The fourth-order valence-corrected chi connectivity index (χ4v) is 2.09. The molecule has 5 heteroatoms. The van der Waals surface area contributed by atoms with Crippen molar-refractivity contribution in [2.75, 3.05) is 13.7 Å². The maximum Gasteiger partial charge on any atom is 0.492 e. The highest BCUT2D eigenvalue weighted by Gasteiger charge is 2.19. The summed E-state index contributed by atoms with van der Waals surface area (Å²) >= 11 is 0. The van der Waals surface area contributed by atoms with Crippen molar-refractivity contribution in [2.24, 2.45) is 5.92 Å². The third kappa shape index (κ3) is 5.06. The van der Waals surface area contributed by atoms with Gasteiger partial charge in [0, 0.05) is 5.46 Å². The molecule has 0 amide bonds. The lowest BCUT2D eigenvalue weighted by Gasteiger charge is -2.18. The third-order valence-corrected chi connectivity index (χ3v) is 3.51. The highest BCUT2D eigenvalue weighted by atomic mass is 16.5. The summed E-state index contributed by atoms with van der Waals surface area (Å²) in [6.45, 7) is 4.93. The fraction of sp³-hybridized carbons (Fsp3) is 0.600. The second-order valence-corrected chi connectivity index (χ2v) is 5.00. The van der Waals surface area contributed by atoms with Gasteiger partial charge in [-0.05, 0) is 30.5 Å². The lowest BCUT2D eigenvalue weighted by molar-refractivity contribution is 0.234. The molecule has 0 aliphatic heterocycles.